The van der Waals surface area contributed by atoms with E-state index in [1.807, 2.05) is 18.2 Å². The lowest BCUT2D eigenvalue weighted by Crippen LogP contribution is -2.13. The van der Waals surface area contributed by atoms with E-state index in [0.717, 1.165) is 11.1 Å². The summed E-state index contributed by atoms with van der Waals surface area (Å²) in [5.41, 5.74) is 1.80. The number of hydrogen-bond acceptors (Lipinski definition) is 3. The fraction of sp³-hybridized carbons (Fsp3) is 0.267. The summed E-state index contributed by atoms with van der Waals surface area (Å²) in [6, 6.07) is 10.1. The third-order valence-electron chi connectivity index (χ3n) is 2.89. The molecular formula is C15H16F2N2O. The Morgan fingerprint density at radius 1 is 1.20 bits per heavy atom. The molecule has 0 amide bonds. The minimum atomic E-state index is -2.44. The van der Waals surface area contributed by atoms with Crippen molar-refractivity contribution in [3.05, 3.63) is 59.3 Å². The molecule has 0 atom stereocenters. The maximum atomic E-state index is 12.6. The van der Waals surface area contributed by atoms with Crippen LogP contribution in [0, 0.1) is 0 Å². The van der Waals surface area contributed by atoms with Gasteiger partial charge >= 0.3 is 0 Å². The van der Waals surface area contributed by atoms with Gasteiger partial charge in [0.25, 0.3) is 6.43 Å². The SMILES string of the molecule is COc1ncccc1CNCc1cccc(C(F)F)c1. The molecule has 5 heteroatoms. The molecule has 106 valence electrons. The first kappa shape index (κ1) is 14.4. The summed E-state index contributed by atoms with van der Waals surface area (Å²) in [4.78, 5) is 4.10. The number of halogens is 2. The third-order valence-corrected chi connectivity index (χ3v) is 2.89. The predicted molar refractivity (Wildman–Crippen MR) is 72.7 cm³/mol. The molecule has 1 aromatic carbocycles. The first-order valence-corrected chi connectivity index (χ1v) is 6.26. The Morgan fingerprint density at radius 3 is 2.80 bits per heavy atom. The van der Waals surface area contributed by atoms with E-state index in [0.29, 0.717) is 19.0 Å². The fourth-order valence-corrected chi connectivity index (χ4v) is 1.92. The molecule has 2 rings (SSSR count). The number of aromatic nitrogens is 1. The van der Waals surface area contributed by atoms with E-state index < -0.39 is 6.43 Å². The van der Waals surface area contributed by atoms with Gasteiger partial charge in [-0.3, -0.25) is 0 Å². The second-order valence-electron chi connectivity index (χ2n) is 4.32. The van der Waals surface area contributed by atoms with Crippen LogP contribution >= 0.6 is 0 Å². The van der Waals surface area contributed by atoms with Crippen molar-refractivity contribution >= 4 is 0 Å². The van der Waals surface area contributed by atoms with Gasteiger partial charge in [-0.15, -0.1) is 0 Å². The van der Waals surface area contributed by atoms with E-state index in [1.165, 1.54) is 12.1 Å². The lowest BCUT2D eigenvalue weighted by Gasteiger charge is -2.09. The Balaban J connectivity index is 1.94. The molecule has 0 aliphatic rings. The van der Waals surface area contributed by atoms with E-state index >= 15 is 0 Å². The summed E-state index contributed by atoms with van der Waals surface area (Å²) in [5, 5.41) is 3.19. The Kier molecular flexibility index (Phi) is 5.01. The van der Waals surface area contributed by atoms with Crippen LogP contribution in [-0.2, 0) is 13.1 Å². The molecular weight excluding hydrogens is 262 g/mol. The van der Waals surface area contributed by atoms with Gasteiger partial charge in [0.05, 0.1) is 7.11 Å². The van der Waals surface area contributed by atoms with Crippen molar-refractivity contribution in [1.29, 1.82) is 0 Å². The van der Waals surface area contributed by atoms with Gasteiger partial charge in [-0.25, -0.2) is 13.8 Å². The molecule has 0 bridgehead atoms. The molecule has 0 saturated carbocycles. The van der Waals surface area contributed by atoms with Crippen LogP contribution in [0.15, 0.2) is 42.6 Å². The number of ether oxygens (including phenoxy) is 1. The molecule has 0 radical (unpaired) electrons. The number of pyridine rings is 1. The van der Waals surface area contributed by atoms with Crippen molar-refractivity contribution in [3.63, 3.8) is 0 Å². The van der Waals surface area contributed by atoms with Crippen molar-refractivity contribution in [2.24, 2.45) is 0 Å². The third kappa shape index (κ3) is 3.74. The van der Waals surface area contributed by atoms with Gasteiger partial charge in [-0.05, 0) is 17.7 Å². The number of benzene rings is 1. The summed E-state index contributed by atoms with van der Waals surface area (Å²) >= 11 is 0. The zero-order chi connectivity index (χ0) is 14.4. The number of nitrogens with zero attached hydrogens (tertiary/aromatic N) is 1. The topological polar surface area (TPSA) is 34.1 Å². The van der Waals surface area contributed by atoms with Gasteiger partial charge < -0.3 is 10.1 Å². The lowest BCUT2D eigenvalue weighted by atomic mass is 10.1. The zero-order valence-electron chi connectivity index (χ0n) is 11.1. The van der Waals surface area contributed by atoms with E-state index in [4.69, 9.17) is 4.74 Å². The van der Waals surface area contributed by atoms with E-state index in [-0.39, 0.29) is 5.56 Å². The van der Waals surface area contributed by atoms with E-state index in [2.05, 4.69) is 10.3 Å². The largest absolute Gasteiger partial charge is 0.481 e. The Morgan fingerprint density at radius 2 is 2.05 bits per heavy atom. The maximum absolute atomic E-state index is 12.6. The van der Waals surface area contributed by atoms with Crippen molar-refractivity contribution in [2.75, 3.05) is 7.11 Å². The van der Waals surface area contributed by atoms with Crippen LogP contribution in [0.25, 0.3) is 0 Å². The molecule has 0 fully saturated rings. The first-order chi connectivity index (χ1) is 9.70. The molecule has 0 spiro atoms. The molecule has 3 nitrogen and oxygen atoms in total. The smallest absolute Gasteiger partial charge is 0.263 e. The summed E-state index contributed by atoms with van der Waals surface area (Å²) in [5.74, 6) is 0.571. The van der Waals surface area contributed by atoms with Crippen molar-refractivity contribution in [2.45, 2.75) is 19.5 Å². The van der Waals surface area contributed by atoms with Crippen LogP contribution < -0.4 is 10.1 Å². The molecule has 1 heterocycles. The van der Waals surface area contributed by atoms with Crippen molar-refractivity contribution < 1.29 is 13.5 Å². The minimum Gasteiger partial charge on any atom is -0.481 e. The number of hydrogen-bond donors (Lipinski definition) is 1. The Bertz CT molecular complexity index is 561. The quantitative estimate of drug-likeness (QED) is 0.880. The minimum absolute atomic E-state index is 0.0447. The van der Waals surface area contributed by atoms with E-state index in [9.17, 15) is 8.78 Å². The van der Waals surface area contributed by atoms with Crippen LogP contribution in [0.3, 0.4) is 0 Å². The van der Waals surface area contributed by atoms with Gasteiger partial charge in [-0.2, -0.15) is 0 Å². The van der Waals surface area contributed by atoms with E-state index in [1.54, 1.807) is 19.4 Å². The second kappa shape index (κ2) is 6.96. The average Bonchev–Trinajstić information content (AvgIpc) is 2.48. The molecule has 2 aromatic rings. The van der Waals surface area contributed by atoms with Gasteiger partial charge in [0.15, 0.2) is 0 Å². The summed E-state index contributed by atoms with van der Waals surface area (Å²) in [6.07, 6.45) is -0.776. The highest BCUT2D eigenvalue weighted by Gasteiger charge is 2.07. The predicted octanol–water partition coefficient (Wildman–Crippen LogP) is 3.32. The van der Waals surface area contributed by atoms with Gasteiger partial charge in [0.1, 0.15) is 0 Å². The summed E-state index contributed by atoms with van der Waals surface area (Å²) < 4.78 is 30.3. The Hall–Kier alpha value is -2.01. The number of alkyl halides is 2. The average molecular weight is 278 g/mol. The van der Waals surface area contributed by atoms with Crippen molar-refractivity contribution in [1.82, 2.24) is 10.3 Å². The van der Waals surface area contributed by atoms with Gasteiger partial charge in [0.2, 0.25) is 5.88 Å². The van der Waals surface area contributed by atoms with Crippen molar-refractivity contribution in [3.8, 4) is 5.88 Å². The molecule has 0 unspecified atom stereocenters. The highest BCUT2D eigenvalue weighted by atomic mass is 19.3. The van der Waals surface area contributed by atoms with Crippen LogP contribution in [0.5, 0.6) is 5.88 Å². The molecule has 20 heavy (non-hydrogen) atoms. The fourth-order valence-electron chi connectivity index (χ4n) is 1.92. The van der Waals surface area contributed by atoms with Gasteiger partial charge in [-0.1, -0.05) is 24.3 Å². The highest BCUT2D eigenvalue weighted by molar-refractivity contribution is 5.26. The molecule has 0 saturated heterocycles. The second-order valence-corrected chi connectivity index (χ2v) is 4.32. The lowest BCUT2D eigenvalue weighted by molar-refractivity contribution is 0.151. The van der Waals surface area contributed by atoms with Crippen LogP contribution in [0.2, 0.25) is 0 Å². The van der Waals surface area contributed by atoms with Crippen LogP contribution in [0.1, 0.15) is 23.1 Å². The normalized spacial score (nSPS) is 10.8. The Labute approximate surface area is 116 Å². The number of nitrogens with one attached hydrogen (secondary N) is 1. The number of rotatable bonds is 6. The van der Waals surface area contributed by atoms with Gasteiger partial charge in [0, 0.05) is 30.4 Å². The summed E-state index contributed by atoms with van der Waals surface area (Å²) in [6.45, 7) is 1.08. The molecule has 0 aliphatic carbocycles. The molecule has 0 aliphatic heterocycles. The molecule has 1 aromatic heterocycles. The number of methoxy groups -OCH3 is 1. The zero-order valence-corrected chi connectivity index (χ0v) is 11.1. The standard InChI is InChI=1S/C15H16F2N2O/c1-20-15-13(6-3-7-19-15)10-18-9-11-4-2-5-12(8-11)14(16)17/h2-8,14,18H,9-10H2,1H3. The van der Waals surface area contributed by atoms with Crippen LogP contribution in [-0.4, -0.2) is 12.1 Å². The van der Waals surface area contributed by atoms with Crippen LogP contribution in [0.4, 0.5) is 8.78 Å². The highest BCUT2D eigenvalue weighted by Crippen LogP contribution is 2.19. The molecule has 1 N–H and O–H groups in total. The maximum Gasteiger partial charge on any atom is 0.263 e. The first-order valence-electron chi connectivity index (χ1n) is 6.26. The summed E-state index contributed by atoms with van der Waals surface area (Å²) in [7, 11) is 1.57. The monoisotopic (exact) mass is 278 g/mol.